The van der Waals surface area contributed by atoms with Gasteiger partial charge in [0.1, 0.15) is 18.0 Å². The molecule has 0 bridgehead atoms. The number of anilines is 2. The Morgan fingerprint density at radius 3 is 2.35 bits per heavy atom. The molecule has 1 aromatic heterocycles. The molecule has 4 nitrogen and oxygen atoms in total. The van der Waals surface area contributed by atoms with Crippen LogP contribution < -0.4 is 10.6 Å². The Hall–Kier alpha value is -1.32. The highest BCUT2D eigenvalue weighted by Gasteiger charge is 2.12. The summed E-state index contributed by atoms with van der Waals surface area (Å²) in [6.07, 6.45) is 6.09. The van der Waals surface area contributed by atoms with E-state index in [0.717, 1.165) is 36.9 Å². The minimum atomic E-state index is 0.441. The second-order valence-electron chi connectivity index (χ2n) is 5.85. The van der Waals surface area contributed by atoms with Gasteiger partial charge in [-0.3, -0.25) is 0 Å². The van der Waals surface area contributed by atoms with E-state index in [4.69, 9.17) is 0 Å². The molecule has 0 aliphatic heterocycles. The van der Waals surface area contributed by atoms with E-state index in [1.807, 2.05) is 0 Å². The maximum absolute atomic E-state index is 4.42. The number of hydrogen-bond acceptors (Lipinski definition) is 4. The molecule has 20 heavy (non-hydrogen) atoms. The Bertz CT molecular complexity index is 390. The molecule has 0 saturated carbocycles. The normalized spacial score (nSPS) is 12.5. The Balaban J connectivity index is 2.73. The average Bonchev–Trinajstić information content (AvgIpc) is 2.43. The largest absolute Gasteiger partial charge is 0.370 e. The topological polar surface area (TPSA) is 49.8 Å². The Morgan fingerprint density at radius 2 is 1.75 bits per heavy atom. The maximum Gasteiger partial charge on any atom is 0.134 e. The molecule has 0 aliphatic rings. The first-order chi connectivity index (χ1) is 9.58. The van der Waals surface area contributed by atoms with Crippen molar-refractivity contribution in [2.24, 2.45) is 5.92 Å². The fourth-order valence-electron chi connectivity index (χ4n) is 2.16. The van der Waals surface area contributed by atoms with Crippen LogP contribution in [0.4, 0.5) is 11.6 Å². The summed E-state index contributed by atoms with van der Waals surface area (Å²) in [7, 11) is 0. The highest BCUT2D eigenvalue weighted by molar-refractivity contribution is 5.57. The zero-order valence-corrected chi connectivity index (χ0v) is 13.7. The summed E-state index contributed by atoms with van der Waals surface area (Å²) in [4.78, 5) is 8.79. The molecular formula is C16H30N4. The molecule has 4 heteroatoms. The van der Waals surface area contributed by atoms with Crippen molar-refractivity contribution in [3.63, 3.8) is 0 Å². The fourth-order valence-corrected chi connectivity index (χ4v) is 2.16. The first-order valence-corrected chi connectivity index (χ1v) is 7.92. The van der Waals surface area contributed by atoms with E-state index in [9.17, 15) is 0 Å². The summed E-state index contributed by atoms with van der Waals surface area (Å²) in [5.41, 5.74) is 1.19. The summed E-state index contributed by atoms with van der Waals surface area (Å²) >= 11 is 0. The highest BCUT2D eigenvalue weighted by atomic mass is 15.1. The minimum Gasteiger partial charge on any atom is -0.370 e. The van der Waals surface area contributed by atoms with Gasteiger partial charge in [-0.25, -0.2) is 9.97 Å². The van der Waals surface area contributed by atoms with Crippen molar-refractivity contribution >= 4 is 11.6 Å². The van der Waals surface area contributed by atoms with E-state index in [1.54, 1.807) is 6.33 Å². The van der Waals surface area contributed by atoms with E-state index >= 15 is 0 Å². The molecule has 1 heterocycles. The Labute approximate surface area is 123 Å². The van der Waals surface area contributed by atoms with Crippen molar-refractivity contribution in [3.8, 4) is 0 Å². The van der Waals surface area contributed by atoms with Crippen molar-refractivity contribution in [1.82, 2.24) is 9.97 Å². The molecule has 0 spiro atoms. The van der Waals surface area contributed by atoms with Crippen LogP contribution in [-0.4, -0.2) is 22.6 Å². The van der Waals surface area contributed by atoms with Gasteiger partial charge in [-0.05, 0) is 38.5 Å². The third-order valence-corrected chi connectivity index (χ3v) is 3.40. The lowest BCUT2D eigenvalue weighted by Gasteiger charge is -2.19. The second-order valence-corrected chi connectivity index (χ2v) is 5.85. The number of nitrogens with zero attached hydrogens (tertiary/aromatic N) is 2. The highest BCUT2D eigenvalue weighted by Crippen LogP contribution is 2.22. The molecule has 1 aromatic rings. The van der Waals surface area contributed by atoms with E-state index in [0.29, 0.717) is 6.04 Å². The van der Waals surface area contributed by atoms with Gasteiger partial charge in [0.2, 0.25) is 0 Å². The number of aromatic nitrogens is 2. The van der Waals surface area contributed by atoms with Crippen molar-refractivity contribution in [2.75, 3.05) is 17.2 Å². The molecule has 0 fully saturated rings. The third kappa shape index (κ3) is 5.35. The molecule has 1 rings (SSSR count). The standard InChI is InChI=1S/C16H30N4/c1-6-10-17-15-14(7-2)16(19-11-18-15)20-13(5)9-8-12(3)4/h11-13H,6-10H2,1-5H3,(H2,17,18,19,20). The van der Waals surface area contributed by atoms with Gasteiger partial charge in [-0.15, -0.1) is 0 Å². The Morgan fingerprint density at radius 1 is 1.05 bits per heavy atom. The van der Waals surface area contributed by atoms with Gasteiger partial charge in [-0.2, -0.15) is 0 Å². The average molecular weight is 278 g/mol. The fraction of sp³-hybridized carbons (Fsp3) is 0.750. The first-order valence-electron chi connectivity index (χ1n) is 7.92. The monoisotopic (exact) mass is 278 g/mol. The van der Waals surface area contributed by atoms with Gasteiger partial charge < -0.3 is 10.6 Å². The second kappa shape index (κ2) is 8.77. The van der Waals surface area contributed by atoms with Crippen LogP contribution in [0.5, 0.6) is 0 Å². The van der Waals surface area contributed by atoms with Crippen LogP contribution in [-0.2, 0) is 6.42 Å². The molecule has 0 radical (unpaired) electrons. The van der Waals surface area contributed by atoms with E-state index < -0.39 is 0 Å². The van der Waals surface area contributed by atoms with Gasteiger partial charge in [-0.1, -0.05) is 27.7 Å². The molecule has 0 amide bonds. The molecule has 1 atom stereocenters. The number of rotatable bonds is 9. The minimum absolute atomic E-state index is 0.441. The molecular weight excluding hydrogens is 248 g/mol. The summed E-state index contributed by atoms with van der Waals surface area (Å²) in [6, 6.07) is 0.441. The van der Waals surface area contributed by atoms with Gasteiger partial charge >= 0.3 is 0 Å². The zero-order chi connectivity index (χ0) is 15.0. The van der Waals surface area contributed by atoms with Crippen LogP contribution in [0.2, 0.25) is 0 Å². The lowest BCUT2D eigenvalue weighted by Crippen LogP contribution is -2.19. The lowest BCUT2D eigenvalue weighted by atomic mass is 10.0. The molecule has 2 N–H and O–H groups in total. The zero-order valence-electron chi connectivity index (χ0n) is 13.7. The number of nitrogens with one attached hydrogen (secondary N) is 2. The quantitative estimate of drug-likeness (QED) is 0.714. The van der Waals surface area contributed by atoms with Crippen LogP contribution in [0.25, 0.3) is 0 Å². The van der Waals surface area contributed by atoms with Crippen LogP contribution in [0.1, 0.15) is 59.4 Å². The summed E-state index contributed by atoms with van der Waals surface area (Å²) < 4.78 is 0. The molecule has 1 unspecified atom stereocenters. The third-order valence-electron chi connectivity index (χ3n) is 3.40. The van der Waals surface area contributed by atoms with Gasteiger partial charge in [0.25, 0.3) is 0 Å². The molecule has 0 aliphatic carbocycles. The molecule has 114 valence electrons. The van der Waals surface area contributed by atoms with Gasteiger partial charge in [0.15, 0.2) is 0 Å². The smallest absolute Gasteiger partial charge is 0.134 e. The molecule has 0 aromatic carbocycles. The summed E-state index contributed by atoms with van der Waals surface area (Å²) in [5, 5.41) is 6.93. The summed E-state index contributed by atoms with van der Waals surface area (Å²) in [6.45, 7) is 12.0. The number of hydrogen-bond donors (Lipinski definition) is 2. The van der Waals surface area contributed by atoms with Gasteiger partial charge in [0, 0.05) is 18.2 Å². The van der Waals surface area contributed by atoms with Crippen molar-refractivity contribution in [3.05, 3.63) is 11.9 Å². The van der Waals surface area contributed by atoms with Crippen molar-refractivity contribution < 1.29 is 0 Å². The van der Waals surface area contributed by atoms with Gasteiger partial charge in [0.05, 0.1) is 0 Å². The first kappa shape index (κ1) is 16.7. The van der Waals surface area contributed by atoms with E-state index in [1.165, 1.54) is 18.4 Å². The van der Waals surface area contributed by atoms with Crippen LogP contribution >= 0.6 is 0 Å². The lowest BCUT2D eigenvalue weighted by molar-refractivity contribution is 0.527. The van der Waals surface area contributed by atoms with Crippen LogP contribution in [0, 0.1) is 5.92 Å². The summed E-state index contributed by atoms with van der Waals surface area (Å²) in [5.74, 6) is 2.71. The molecule has 0 saturated heterocycles. The van der Waals surface area contributed by atoms with E-state index in [-0.39, 0.29) is 0 Å². The predicted octanol–water partition coefficient (Wildman–Crippen LogP) is 4.10. The van der Waals surface area contributed by atoms with Crippen LogP contribution in [0.3, 0.4) is 0 Å². The predicted molar refractivity (Wildman–Crippen MR) is 87.3 cm³/mol. The van der Waals surface area contributed by atoms with E-state index in [2.05, 4.69) is 55.2 Å². The van der Waals surface area contributed by atoms with Crippen molar-refractivity contribution in [2.45, 2.75) is 66.3 Å². The van der Waals surface area contributed by atoms with Crippen molar-refractivity contribution in [1.29, 1.82) is 0 Å². The maximum atomic E-state index is 4.42. The van der Waals surface area contributed by atoms with Crippen LogP contribution in [0.15, 0.2) is 6.33 Å². The Kier molecular flexibility index (Phi) is 7.34. The SMILES string of the molecule is CCCNc1ncnc(NC(C)CCC(C)C)c1CC.